The number of benzene rings is 1. The maximum Gasteiger partial charge on any atom is 0.355 e. The van der Waals surface area contributed by atoms with Gasteiger partial charge in [0.2, 0.25) is 5.75 Å². The lowest BCUT2D eigenvalue weighted by Gasteiger charge is -2.24. The van der Waals surface area contributed by atoms with Crippen molar-refractivity contribution in [1.82, 2.24) is 4.98 Å². The number of aromatic nitrogens is 1. The van der Waals surface area contributed by atoms with Gasteiger partial charge in [-0.1, -0.05) is 0 Å². The molecule has 0 spiro atoms. The predicted molar refractivity (Wildman–Crippen MR) is 108 cm³/mol. The number of H-pyrrole nitrogens is 1. The molecule has 156 valence electrons. The number of methoxy groups -OCH3 is 3. The Morgan fingerprint density at radius 1 is 1.07 bits per heavy atom. The number of ether oxygens (including phenoxy) is 4. The maximum absolute atomic E-state index is 12.9. The summed E-state index contributed by atoms with van der Waals surface area (Å²) in [7, 11) is 4.67. The number of rotatable bonds is 6. The maximum atomic E-state index is 12.9. The van der Waals surface area contributed by atoms with Crippen molar-refractivity contribution in [2.24, 2.45) is 0 Å². The first-order chi connectivity index (χ1) is 13.8. The monoisotopic (exact) mass is 401 g/mol. The van der Waals surface area contributed by atoms with Gasteiger partial charge in [0.05, 0.1) is 27.4 Å². The van der Waals surface area contributed by atoms with Crippen molar-refractivity contribution in [3.05, 3.63) is 40.2 Å². The molecule has 1 N–H and O–H groups in total. The highest BCUT2D eigenvalue weighted by Crippen LogP contribution is 2.43. The molecule has 1 aromatic heterocycles. The molecule has 0 radical (unpaired) electrons. The van der Waals surface area contributed by atoms with Crippen molar-refractivity contribution in [1.29, 1.82) is 0 Å². The number of carbonyl (C=O) groups excluding carboxylic acids is 2. The van der Waals surface area contributed by atoms with Crippen LogP contribution in [0, 0.1) is 6.92 Å². The summed E-state index contributed by atoms with van der Waals surface area (Å²) in [6, 6.07) is 3.74. The number of aromatic amines is 1. The van der Waals surface area contributed by atoms with Crippen LogP contribution in [0.15, 0.2) is 12.1 Å². The summed E-state index contributed by atoms with van der Waals surface area (Å²) in [5, 5.41) is 0. The van der Waals surface area contributed by atoms with Crippen LogP contribution in [0.4, 0.5) is 0 Å². The number of nitrogens with one attached hydrogen (secondary N) is 1. The van der Waals surface area contributed by atoms with Crippen molar-refractivity contribution in [3.8, 4) is 17.2 Å². The second-order valence-electron chi connectivity index (χ2n) is 7.42. The van der Waals surface area contributed by atoms with E-state index in [-0.39, 0.29) is 17.8 Å². The summed E-state index contributed by atoms with van der Waals surface area (Å²) in [6.45, 7) is 5.37. The van der Waals surface area contributed by atoms with E-state index < -0.39 is 5.97 Å². The van der Waals surface area contributed by atoms with Gasteiger partial charge in [-0.2, -0.15) is 0 Å². The zero-order valence-electron chi connectivity index (χ0n) is 17.7. The van der Waals surface area contributed by atoms with E-state index in [1.165, 1.54) is 0 Å². The Kier molecular flexibility index (Phi) is 5.86. The highest BCUT2D eigenvalue weighted by molar-refractivity contribution is 6.03. The average molecular weight is 401 g/mol. The topological polar surface area (TPSA) is 86.9 Å². The number of carbonyl (C=O) groups is 2. The van der Waals surface area contributed by atoms with E-state index in [0.717, 1.165) is 11.3 Å². The Morgan fingerprint density at radius 3 is 2.21 bits per heavy atom. The third-order valence-electron chi connectivity index (χ3n) is 5.19. The van der Waals surface area contributed by atoms with Gasteiger partial charge in [-0.15, -0.1) is 0 Å². The minimum absolute atomic E-state index is 0.00217. The van der Waals surface area contributed by atoms with E-state index in [9.17, 15) is 9.59 Å². The Balaban J connectivity index is 1.98. The Morgan fingerprint density at radius 2 is 1.69 bits per heavy atom. The number of ketones is 1. The lowest BCUT2D eigenvalue weighted by atomic mass is 9.81. The fourth-order valence-electron chi connectivity index (χ4n) is 3.88. The molecule has 0 saturated heterocycles. The third-order valence-corrected chi connectivity index (χ3v) is 5.19. The van der Waals surface area contributed by atoms with E-state index >= 15 is 0 Å². The van der Waals surface area contributed by atoms with Crippen molar-refractivity contribution >= 4 is 11.8 Å². The SMILES string of the molecule is COc1cc([C@H]2CC(=O)c3c([nH]c(C(=O)OC(C)C)c3C)C2)cc(OC)c1OC. The van der Waals surface area contributed by atoms with E-state index in [1.54, 1.807) is 42.1 Å². The molecule has 0 bridgehead atoms. The van der Waals surface area contributed by atoms with Gasteiger partial charge in [-0.25, -0.2) is 4.79 Å². The molecule has 0 fully saturated rings. The van der Waals surface area contributed by atoms with Gasteiger partial charge in [-0.05, 0) is 56.4 Å². The van der Waals surface area contributed by atoms with Gasteiger partial charge in [0.25, 0.3) is 0 Å². The van der Waals surface area contributed by atoms with Crippen LogP contribution in [0.1, 0.15) is 63.9 Å². The summed E-state index contributed by atoms with van der Waals surface area (Å²) < 4.78 is 21.6. The van der Waals surface area contributed by atoms with Crippen LogP contribution in [0.2, 0.25) is 0 Å². The Hall–Kier alpha value is -2.96. The summed E-state index contributed by atoms with van der Waals surface area (Å²) >= 11 is 0. The summed E-state index contributed by atoms with van der Waals surface area (Å²) in [6.07, 6.45) is 0.698. The van der Waals surface area contributed by atoms with Gasteiger partial charge in [0.15, 0.2) is 17.3 Å². The third kappa shape index (κ3) is 3.81. The summed E-state index contributed by atoms with van der Waals surface area (Å²) in [5.41, 5.74) is 3.27. The minimum atomic E-state index is -0.441. The zero-order valence-corrected chi connectivity index (χ0v) is 17.7. The highest BCUT2D eigenvalue weighted by atomic mass is 16.5. The first-order valence-electron chi connectivity index (χ1n) is 9.56. The number of esters is 1. The lowest BCUT2D eigenvalue weighted by Crippen LogP contribution is -2.19. The second-order valence-corrected chi connectivity index (χ2v) is 7.42. The quantitative estimate of drug-likeness (QED) is 0.741. The summed E-state index contributed by atoms with van der Waals surface area (Å²) in [5.74, 6) is 1.09. The second kappa shape index (κ2) is 8.19. The van der Waals surface area contributed by atoms with Crippen LogP contribution < -0.4 is 14.2 Å². The largest absolute Gasteiger partial charge is 0.493 e. The van der Waals surface area contributed by atoms with E-state index in [0.29, 0.717) is 46.9 Å². The molecule has 7 nitrogen and oxygen atoms in total. The molecule has 1 aliphatic carbocycles. The van der Waals surface area contributed by atoms with Crippen LogP contribution in [-0.2, 0) is 11.2 Å². The lowest BCUT2D eigenvalue weighted by molar-refractivity contribution is 0.0370. The van der Waals surface area contributed by atoms with Crippen LogP contribution in [0.25, 0.3) is 0 Å². The minimum Gasteiger partial charge on any atom is -0.493 e. The van der Waals surface area contributed by atoms with E-state index in [4.69, 9.17) is 18.9 Å². The molecule has 0 unspecified atom stereocenters. The van der Waals surface area contributed by atoms with Crippen LogP contribution in [-0.4, -0.2) is 44.2 Å². The Labute approximate surface area is 170 Å². The molecule has 1 aromatic carbocycles. The molecular formula is C22H27NO6. The van der Waals surface area contributed by atoms with Crippen molar-refractivity contribution in [3.63, 3.8) is 0 Å². The highest BCUT2D eigenvalue weighted by Gasteiger charge is 2.33. The molecule has 0 amide bonds. The molecule has 0 aliphatic heterocycles. The van der Waals surface area contributed by atoms with Crippen LogP contribution in [0.3, 0.4) is 0 Å². The summed E-state index contributed by atoms with van der Waals surface area (Å²) in [4.78, 5) is 28.4. The molecular weight excluding hydrogens is 374 g/mol. The fraction of sp³-hybridized carbons (Fsp3) is 0.455. The number of hydrogen-bond acceptors (Lipinski definition) is 6. The first kappa shape index (κ1) is 20.8. The zero-order chi connectivity index (χ0) is 21.3. The number of Topliss-reactive ketones (excluding diaryl/α,β-unsaturated/α-hetero) is 1. The van der Waals surface area contributed by atoms with Gasteiger partial charge < -0.3 is 23.9 Å². The van der Waals surface area contributed by atoms with Crippen molar-refractivity contribution < 1.29 is 28.5 Å². The molecule has 29 heavy (non-hydrogen) atoms. The Bertz CT molecular complexity index is 918. The predicted octanol–water partition coefficient (Wildman–Crippen LogP) is 3.83. The standard InChI is InChI=1S/C22H27NO6/c1-11(2)29-22(25)20-12(3)19-15(23-20)7-13(8-16(19)24)14-9-17(26-4)21(28-6)18(10-14)27-5/h9-11,13,23H,7-8H2,1-6H3/t13-/m1/s1. The van der Waals surface area contributed by atoms with E-state index in [1.807, 2.05) is 12.1 Å². The molecule has 1 heterocycles. The molecule has 0 saturated carbocycles. The molecule has 7 heteroatoms. The molecule has 1 aliphatic rings. The normalized spacial score (nSPS) is 15.8. The van der Waals surface area contributed by atoms with Gasteiger partial charge in [-0.3, -0.25) is 4.79 Å². The van der Waals surface area contributed by atoms with Gasteiger partial charge in [0, 0.05) is 17.7 Å². The average Bonchev–Trinajstić information content (AvgIpc) is 3.03. The van der Waals surface area contributed by atoms with Gasteiger partial charge >= 0.3 is 5.97 Å². The number of fused-ring (bicyclic) bond motifs is 1. The number of hydrogen-bond donors (Lipinski definition) is 1. The first-order valence-corrected chi connectivity index (χ1v) is 9.56. The fourth-order valence-corrected chi connectivity index (χ4v) is 3.88. The van der Waals surface area contributed by atoms with Gasteiger partial charge in [0.1, 0.15) is 5.69 Å². The van der Waals surface area contributed by atoms with E-state index in [2.05, 4.69) is 4.98 Å². The molecule has 3 rings (SSSR count). The van der Waals surface area contributed by atoms with Crippen molar-refractivity contribution in [2.75, 3.05) is 21.3 Å². The smallest absolute Gasteiger partial charge is 0.355 e. The molecule has 1 atom stereocenters. The molecule has 2 aromatic rings. The van der Waals surface area contributed by atoms with Crippen LogP contribution >= 0.6 is 0 Å². The van der Waals surface area contributed by atoms with Crippen molar-refractivity contribution in [2.45, 2.75) is 45.6 Å². The van der Waals surface area contributed by atoms with Crippen LogP contribution in [0.5, 0.6) is 17.2 Å².